The van der Waals surface area contributed by atoms with Gasteiger partial charge in [-0.2, -0.15) is 0 Å². The van der Waals surface area contributed by atoms with Crippen LogP contribution in [0.4, 0.5) is 0 Å². The predicted molar refractivity (Wildman–Crippen MR) is 69.2 cm³/mol. The molecule has 0 aliphatic rings. The van der Waals surface area contributed by atoms with Crippen LogP contribution < -0.4 is 11.3 Å². The van der Waals surface area contributed by atoms with Gasteiger partial charge in [0.1, 0.15) is 0 Å². The Morgan fingerprint density at radius 1 is 1.12 bits per heavy atom. The van der Waals surface area contributed by atoms with Crippen LogP contribution in [0.1, 0.15) is 23.0 Å². The predicted octanol–water partition coefficient (Wildman–Crippen LogP) is 2.14. The second kappa shape index (κ2) is 5.57. The molecule has 2 rings (SSSR count). The zero-order valence-electron chi connectivity index (χ0n) is 9.93. The van der Waals surface area contributed by atoms with Crippen LogP contribution in [0.3, 0.4) is 0 Å². The van der Waals surface area contributed by atoms with Crippen molar-refractivity contribution in [2.75, 3.05) is 0 Å². The number of nitrogens with one attached hydrogen (secondary N) is 1. The van der Waals surface area contributed by atoms with E-state index in [-0.39, 0.29) is 6.04 Å². The van der Waals surface area contributed by atoms with E-state index in [9.17, 15) is 0 Å². The first kappa shape index (κ1) is 11.8. The first-order chi connectivity index (χ1) is 8.29. The maximum Gasteiger partial charge on any atom is 0.0672 e. The van der Waals surface area contributed by atoms with Gasteiger partial charge in [0.15, 0.2) is 0 Å². The third kappa shape index (κ3) is 3.12. The first-order valence-electron chi connectivity index (χ1n) is 5.73. The van der Waals surface area contributed by atoms with Gasteiger partial charge in [-0.1, -0.05) is 36.4 Å². The highest BCUT2D eigenvalue weighted by Crippen LogP contribution is 2.15. The summed E-state index contributed by atoms with van der Waals surface area (Å²) in [6.45, 7) is 1.99. The number of hydrogen-bond donors (Lipinski definition) is 2. The Bertz CT molecular complexity index is 468. The highest BCUT2D eigenvalue weighted by molar-refractivity contribution is 5.20. The van der Waals surface area contributed by atoms with Crippen molar-refractivity contribution in [2.24, 2.45) is 5.84 Å². The number of pyridine rings is 1. The molecule has 1 atom stereocenters. The number of rotatable bonds is 4. The fourth-order valence-electron chi connectivity index (χ4n) is 1.86. The van der Waals surface area contributed by atoms with Crippen LogP contribution in [-0.2, 0) is 6.42 Å². The minimum absolute atomic E-state index is 0.0531. The molecule has 0 fully saturated rings. The maximum atomic E-state index is 5.61. The Labute approximate surface area is 102 Å². The fraction of sp³-hybridized carbons (Fsp3) is 0.214. The lowest BCUT2D eigenvalue weighted by Crippen LogP contribution is -2.30. The molecule has 0 radical (unpaired) electrons. The fourth-order valence-corrected chi connectivity index (χ4v) is 1.86. The largest absolute Gasteiger partial charge is 0.271 e. The topological polar surface area (TPSA) is 50.9 Å². The molecule has 1 unspecified atom stereocenters. The summed E-state index contributed by atoms with van der Waals surface area (Å²) in [7, 11) is 0. The summed E-state index contributed by atoms with van der Waals surface area (Å²) in [5, 5.41) is 0. The summed E-state index contributed by atoms with van der Waals surface area (Å²) < 4.78 is 0. The normalized spacial score (nSPS) is 12.4. The van der Waals surface area contributed by atoms with Crippen molar-refractivity contribution in [1.82, 2.24) is 10.4 Å². The Morgan fingerprint density at radius 3 is 2.53 bits per heavy atom. The first-order valence-corrected chi connectivity index (χ1v) is 5.73. The second-order valence-corrected chi connectivity index (χ2v) is 4.11. The summed E-state index contributed by atoms with van der Waals surface area (Å²) >= 11 is 0. The van der Waals surface area contributed by atoms with Crippen molar-refractivity contribution < 1.29 is 0 Å². The molecule has 0 bridgehead atoms. The third-order valence-corrected chi connectivity index (χ3v) is 2.75. The molecule has 3 heteroatoms. The van der Waals surface area contributed by atoms with Crippen molar-refractivity contribution in [3.63, 3.8) is 0 Å². The number of benzene rings is 1. The molecule has 1 aromatic heterocycles. The molecule has 0 saturated heterocycles. The van der Waals surface area contributed by atoms with E-state index in [2.05, 4.69) is 22.5 Å². The summed E-state index contributed by atoms with van der Waals surface area (Å²) in [4.78, 5) is 4.50. The summed E-state index contributed by atoms with van der Waals surface area (Å²) in [6, 6.07) is 16.3. The van der Waals surface area contributed by atoms with Gasteiger partial charge in [0, 0.05) is 5.69 Å². The molecule has 0 aliphatic heterocycles. The van der Waals surface area contributed by atoms with Gasteiger partial charge in [0.05, 0.1) is 11.7 Å². The molecule has 88 valence electrons. The number of nitrogens with zero attached hydrogens (tertiary/aromatic N) is 1. The molecule has 0 aliphatic carbocycles. The van der Waals surface area contributed by atoms with E-state index in [1.165, 1.54) is 5.56 Å². The van der Waals surface area contributed by atoms with E-state index in [1.807, 2.05) is 43.3 Å². The van der Waals surface area contributed by atoms with E-state index in [0.29, 0.717) is 0 Å². The SMILES string of the molecule is Cc1cccc(C(Cc2ccccc2)NN)n1. The lowest BCUT2D eigenvalue weighted by atomic mass is 10.0. The van der Waals surface area contributed by atoms with Gasteiger partial charge >= 0.3 is 0 Å². The van der Waals surface area contributed by atoms with Crippen LogP contribution >= 0.6 is 0 Å². The minimum atomic E-state index is 0.0531. The van der Waals surface area contributed by atoms with Crippen LogP contribution in [-0.4, -0.2) is 4.98 Å². The van der Waals surface area contributed by atoms with E-state index in [4.69, 9.17) is 5.84 Å². The number of hydrogen-bond acceptors (Lipinski definition) is 3. The van der Waals surface area contributed by atoms with Crippen molar-refractivity contribution >= 4 is 0 Å². The average molecular weight is 227 g/mol. The Balaban J connectivity index is 2.17. The van der Waals surface area contributed by atoms with Gasteiger partial charge in [-0.3, -0.25) is 16.3 Å². The second-order valence-electron chi connectivity index (χ2n) is 4.11. The van der Waals surface area contributed by atoms with Crippen LogP contribution in [0.5, 0.6) is 0 Å². The standard InChI is InChI=1S/C14H17N3/c1-11-6-5-9-13(16-11)14(17-15)10-12-7-3-2-4-8-12/h2-9,14,17H,10,15H2,1H3. The van der Waals surface area contributed by atoms with Gasteiger partial charge < -0.3 is 0 Å². The Kier molecular flexibility index (Phi) is 3.85. The summed E-state index contributed by atoms with van der Waals surface area (Å²) in [5.74, 6) is 5.61. The molecule has 3 N–H and O–H groups in total. The van der Waals surface area contributed by atoms with E-state index >= 15 is 0 Å². The van der Waals surface area contributed by atoms with Crippen LogP contribution in [0, 0.1) is 6.92 Å². The van der Waals surface area contributed by atoms with E-state index < -0.39 is 0 Å². The minimum Gasteiger partial charge on any atom is -0.271 e. The molecule has 0 amide bonds. The van der Waals surface area contributed by atoms with Crippen LogP contribution in [0.2, 0.25) is 0 Å². The lowest BCUT2D eigenvalue weighted by molar-refractivity contribution is 0.537. The van der Waals surface area contributed by atoms with E-state index in [0.717, 1.165) is 17.8 Å². The third-order valence-electron chi connectivity index (χ3n) is 2.75. The monoisotopic (exact) mass is 227 g/mol. The smallest absolute Gasteiger partial charge is 0.0672 e. The van der Waals surface area contributed by atoms with Crippen molar-refractivity contribution in [2.45, 2.75) is 19.4 Å². The molecule has 0 spiro atoms. The number of aryl methyl sites for hydroxylation is 1. The highest BCUT2D eigenvalue weighted by atomic mass is 15.2. The molecule has 1 aromatic carbocycles. The van der Waals surface area contributed by atoms with Crippen molar-refractivity contribution in [3.05, 3.63) is 65.5 Å². The Morgan fingerprint density at radius 2 is 1.88 bits per heavy atom. The van der Waals surface area contributed by atoms with Crippen molar-refractivity contribution in [1.29, 1.82) is 0 Å². The lowest BCUT2D eigenvalue weighted by Gasteiger charge is -2.15. The number of nitrogens with two attached hydrogens (primary N) is 1. The zero-order chi connectivity index (χ0) is 12.1. The molecule has 1 heterocycles. The van der Waals surface area contributed by atoms with Gasteiger partial charge in [-0.05, 0) is 31.0 Å². The highest BCUT2D eigenvalue weighted by Gasteiger charge is 2.11. The maximum absolute atomic E-state index is 5.61. The quantitative estimate of drug-likeness (QED) is 0.621. The molecule has 17 heavy (non-hydrogen) atoms. The number of aromatic nitrogens is 1. The Hall–Kier alpha value is -1.71. The van der Waals surface area contributed by atoms with Gasteiger partial charge in [-0.25, -0.2) is 0 Å². The van der Waals surface area contributed by atoms with Crippen LogP contribution in [0.25, 0.3) is 0 Å². The molecular weight excluding hydrogens is 210 g/mol. The molecule has 3 nitrogen and oxygen atoms in total. The van der Waals surface area contributed by atoms with Crippen molar-refractivity contribution in [3.8, 4) is 0 Å². The number of hydrazine groups is 1. The van der Waals surface area contributed by atoms with Gasteiger partial charge in [-0.15, -0.1) is 0 Å². The van der Waals surface area contributed by atoms with Crippen LogP contribution in [0.15, 0.2) is 48.5 Å². The average Bonchev–Trinajstić information content (AvgIpc) is 2.37. The summed E-state index contributed by atoms with van der Waals surface area (Å²) in [6.07, 6.45) is 0.841. The van der Waals surface area contributed by atoms with Gasteiger partial charge in [0.25, 0.3) is 0 Å². The summed E-state index contributed by atoms with van der Waals surface area (Å²) in [5.41, 5.74) is 6.07. The zero-order valence-corrected chi connectivity index (χ0v) is 9.93. The van der Waals surface area contributed by atoms with Gasteiger partial charge in [0.2, 0.25) is 0 Å². The van der Waals surface area contributed by atoms with E-state index in [1.54, 1.807) is 0 Å². The molecule has 2 aromatic rings. The molecule has 0 saturated carbocycles. The molecular formula is C14H17N3.